The molecule has 9 heteroatoms. The molecule has 0 saturated carbocycles. The maximum Gasteiger partial charge on any atom is 0.260 e. The monoisotopic (exact) mass is 405 g/mol. The minimum atomic E-state index is -2.04. The molecule has 2 N–H and O–H groups in total. The summed E-state index contributed by atoms with van der Waals surface area (Å²) in [7, 11) is 0. The van der Waals surface area contributed by atoms with Gasteiger partial charge in [0.1, 0.15) is 0 Å². The summed E-state index contributed by atoms with van der Waals surface area (Å²) in [6.07, 6.45) is 0. The first kappa shape index (κ1) is 18.2. The van der Waals surface area contributed by atoms with Gasteiger partial charge in [-0.3, -0.25) is 10.1 Å². The third-order valence-corrected chi connectivity index (χ3v) is 4.98. The average molecular weight is 405 g/mol. The number of hydrogen-bond donors (Lipinski definition) is 2. The number of benzene rings is 2. The van der Waals surface area contributed by atoms with Crippen LogP contribution in [0, 0.1) is 30.2 Å². The molecule has 28 heavy (non-hydrogen) atoms. The van der Waals surface area contributed by atoms with Crippen LogP contribution < -0.4 is 5.32 Å². The van der Waals surface area contributed by atoms with Gasteiger partial charge in [0, 0.05) is 27.5 Å². The molecule has 2 aromatic heterocycles. The molecule has 1 amide bonds. The van der Waals surface area contributed by atoms with Crippen LogP contribution in [0.25, 0.3) is 22.2 Å². The fourth-order valence-electron chi connectivity index (χ4n) is 2.96. The molecule has 0 spiro atoms. The smallest absolute Gasteiger partial charge is 0.260 e. The van der Waals surface area contributed by atoms with Crippen LogP contribution in [0.4, 0.5) is 22.7 Å². The molecule has 0 aliphatic rings. The summed E-state index contributed by atoms with van der Waals surface area (Å²) < 4.78 is 53.5. The van der Waals surface area contributed by atoms with E-state index in [2.05, 4.69) is 15.3 Å². The zero-order valence-corrected chi connectivity index (χ0v) is 15.1. The van der Waals surface area contributed by atoms with Crippen LogP contribution in [0.1, 0.15) is 16.1 Å². The van der Waals surface area contributed by atoms with Crippen LogP contribution in [-0.4, -0.2) is 15.9 Å². The number of thiazole rings is 1. The van der Waals surface area contributed by atoms with Gasteiger partial charge in [-0.2, -0.15) is 0 Å². The van der Waals surface area contributed by atoms with Gasteiger partial charge in [-0.15, -0.1) is 11.3 Å². The molecule has 4 rings (SSSR count). The average Bonchev–Trinajstić information content (AvgIpc) is 3.25. The van der Waals surface area contributed by atoms with E-state index in [1.165, 1.54) is 0 Å². The molecular formula is C19H11F4N3OS. The van der Waals surface area contributed by atoms with Crippen molar-refractivity contribution < 1.29 is 22.4 Å². The van der Waals surface area contributed by atoms with E-state index in [1.807, 2.05) is 31.2 Å². The molecule has 0 aliphatic heterocycles. The minimum Gasteiger partial charge on any atom is -0.358 e. The van der Waals surface area contributed by atoms with Crippen molar-refractivity contribution in [2.45, 2.75) is 6.92 Å². The number of aromatic amines is 1. The van der Waals surface area contributed by atoms with Gasteiger partial charge in [-0.1, -0.05) is 18.2 Å². The first-order chi connectivity index (χ1) is 13.4. The molecular weight excluding hydrogens is 394 g/mol. The first-order valence-corrected chi connectivity index (χ1v) is 8.92. The number of carbonyl (C=O) groups excluding carboxylic acids is 1. The van der Waals surface area contributed by atoms with Crippen molar-refractivity contribution in [2.75, 3.05) is 5.32 Å². The standard InChI is InChI=1S/C19H11F4N3OS/c1-8-14(9-4-2-3-5-12(9)24-8)13-7-28-19(25-13)26-18(27)10-6-11(20)16(22)17(23)15(10)21/h2-7,24H,1H3,(H,25,26,27). The Bertz CT molecular complexity index is 1230. The van der Waals surface area contributed by atoms with Crippen molar-refractivity contribution in [3.8, 4) is 11.3 Å². The van der Waals surface area contributed by atoms with Crippen LogP contribution in [0.3, 0.4) is 0 Å². The number of hydrogen-bond acceptors (Lipinski definition) is 3. The van der Waals surface area contributed by atoms with Crippen molar-refractivity contribution >= 4 is 33.3 Å². The van der Waals surface area contributed by atoms with Crippen LogP contribution >= 0.6 is 11.3 Å². The number of H-pyrrole nitrogens is 1. The number of nitrogens with zero attached hydrogens (tertiary/aromatic N) is 1. The van der Waals surface area contributed by atoms with Crippen LogP contribution in [-0.2, 0) is 0 Å². The highest BCUT2D eigenvalue weighted by atomic mass is 32.1. The highest BCUT2D eigenvalue weighted by Crippen LogP contribution is 2.34. The summed E-state index contributed by atoms with van der Waals surface area (Å²) in [5.74, 6) is -8.56. The second-order valence-electron chi connectivity index (χ2n) is 6.01. The van der Waals surface area contributed by atoms with Crippen molar-refractivity contribution in [1.29, 1.82) is 0 Å². The number of halogens is 4. The Morgan fingerprint density at radius 3 is 2.64 bits per heavy atom. The van der Waals surface area contributed by atoms with Crippen molar-refractivity contribution in [1.82, 2.24) is 9.97 Å². The predicted molar refractivity (Wildman–Crippen MR) is 98.4 cm³/mol. The second kappa shape index (κ2) is 6.75. The van der Waals surface area contributed by atoms with E-state index in [0.717, 1.165) is 33.5 Å². The van der Waals surface area contributed by atoms with Gasteiger partial charge in [0.15, 0.2) is 28.4 Å². The highest BCUT2D eigenvalue weighted by molar-refractivity contribution is 7.14. The third kappa shape index (κ3) is 2.93. The fourth-order valence-corrected chi connectivity index (χ4v) is 3.65. The molecule has 0 aliphatic carbocycles. The van der Waals surface area contributed by atoms with E-state index in [9.17, 15) is 22.4 Å². The highest BCUT2D eigenvalue weighted by Gasteiger charge is 2.24. The summed E-state index contributed by atoms with van der Waals surface area (Å²) in [5, 5.41) is 5.03. The Balaban J connectivity index is 1.66. The number of aromatic nitrogens is 2. The lowest BCUT2D eigenvalue weighted by Gasteiger charge is -2.05. The quantitative estimate of drug-likeness (QED) is 0.272. The number of anilines is 1. The van der Waals surface area contributed by atoms with E-state index >= 15 is 0 Å². The number of amides is 1. The van der Waals surface area contributed by atoms with Gasteiger partial charge in [0.2, 0.25) is 0 Å². The van der Waals surface area contributed by atoms with E-state index in [1.54, 1.807) is 5.38 Å². The lowest BCUT2D eigenvalue weighted by molar-refractivity contribution is 0.102. The van der Waals surface area contributed by atoms with E-state index < -0.39 is 34.7 Å². The van der Waals surface area contributed by atoms with E-state index in [-0.39, 0.29) is 5.13 Å². The van der Waals surface area contributed by atoms with Gasteiger partial charge in [-0.25, -0.2) is 22.5 Å². The number of nitrogens with one attached hydrogen (secondary N) is 2. The molecule has 4 nitrogen and oxygen atoms in total. The van der Waals surface area contributed by atoms with Crippen LogP contribution in [0.2, 0.25) is 0 Å². The Morgan fingerprint density at radius 1 is 1.11 bits per heavy atom. The lowest BCUT2D eigenvalue weighted by Crippen LogP contribution is -2.16. The summed E-state index contributed by atoms with van der Waals surface area (Å²) in [6, 6.07) is 7.92. The number of para-hydroxylation sites is 1. The van der Waals surface area contributed by atoms with Gasteiger partial charge >= 0.3 is 0 Å². The summed E-state index contributed by atoms with van der Waals surface area (Å²) in [6.45, 7) is 1.88. The maximum absolute atomic E-state index is 13.8. The van der Waals surface area contributed by atoms with E-state index in [0.29, 0.717) is 11.8 Å². The SMILES string of the molecule is Cc1[nH]c2ccccc2c1-c1csc(NC(=O)c2cc(F)c(F)c(F)c2F)n1. The minimum absolute atomic E-state index is 0.106. The number of fused-ring (bicyclic) bond motifs is 1. The lowest BCUT2D eigenvalue weighted by atomic mass is 10.1. The zero-order valence-electron chi connectivity index (χ0n) is 14.2. The van der Waals surface area contributed by atoms with Crippen molar-refractivity contribution in [3.63, 3.8) is 0 Å². The zero-order chi connectivity index (χ0) is 20.0. The summed E-state index contributed by atoms with van der Waals surface area (Å²) in [4.78, 5) is 19.7. The Kier molecular flexibility index (Phi) is 4.38. The largest absolute Gasteiger partial charge is 0.358 e. The molecule has 0 unspecified atom stereocenters. The maximum atomic E-state index is 13.8. The Hall–Kier alpha value is -3.20. The molecule has 2 aromatic carbocycles. The molecule has 0 saturated heterocycles. The predicted octanol–water partition coefficient (Wildman–Crippen LogP) is 5.41. The molecule has 2 heterocycles. The molecule has 142 valence electrons. The fraction of sp³-hybridized carbons (Fsp3) is 0.0526. The van der Waals surface area contributed by atoms with Crippen LogP contribution in [0.15, 0.2) is 35.7 Å². The van der Waals surface area contributed by atoms with Gasteiger partial charge in [0.25, 0.3) is 5.91 Å². The molecule has 0 fully saturated rings. The molecule has 0 bridgehead atoms. The molecule has 4 aromatic rings. The normalized spacial score (nSPS) is 11.2. The molecule has 0 radical (unpaired) electrons. The Morgan fingerprint density at radius 2 is 1.86 bits per heavy atom. The van der Waals surface area contributed by atoms with Crippen molar-refractivity contribution in [3.05, 3.63) is 70.2 Å². The first-order valence-electron chi connectivity index (χ1n) is 8.04. The number of carbonyl (C=O) groups is 1. The third-order valence-electron chi connectivity index (χ3n) is 4.22. The summed E-state index contributed by atoms with van der Waals surface area (Å²) in [5.41, 5.74) is 2.27. The second-order valence-corrected chi connectivity index (χ2v) is 6.87. The van der Waals surface area contributed by atoms with Gasteiger partial charge in [0.05, 0.1) is 11.3 Å². The van der Waals surface area contributed by atoms with Gasteiger partial charge in [-0.05, 0) is 19.1 Å². The number of rotatable bonds is 3. The number of aryl methyl sites for hydroxylation is 1. The topological polar surface area (TPSA) is 57.8 Å². The van der Waals surface area contributed by atoms with Crippen molar-refractivity contribution in [2.24, 2.45) is 0 Å². The molecule has 0 atom stereocenters. The summed E-state index contributed by atoms with van der Waals surface area (Å²) >= 11 is 1.06. The van der Waals surface area contributed by atoms with Crippen LogP contribution in [0.5, 0.6) is 0 Å². The Labute approximate surface area is 159 Å². The van der Waals surface area contributed by atoms with Gasteiger partial charge < -0.3 is 4.98 Å². The van der Waals surface area contributed by atoms with E-state index in [4.69, 9.17) is 0 Å².